The largest absolute Gasteiger partial charge is 0.417 e. The lowest BCUT2D eigenvalue weighted by Gasteiger charge is -2.21. The zero-order chi connectivity index (χ0) is 15.0. The lowest BCUT2D eigenvalue weighted by molar-refractivity contribution is -0.139. The molecule has 0 saturated carbocycles. The van der Waals surface area contributed by atoms with Gasteiger partial charge in [0.15, 0.2) is 0 Å². The molecule has 8 heteroatoms. The Morgan fingerprint density at radius 1 is 1.35 bits per heavy atom. The van der Waals surface area contributed by atoms with Gasteiger partial charge in [-0.3, -0.25) is 0 Å². The number of halogens is 3. The fraction of sp³-hybridized carbons (Fsp3) is 0.500. The Kier molecular flexibility index (Phi) is 4.19. The SMILES string of the molecule is O=S(c1ccccc1C(F)(F)F)N1CCC(O)(CO)C1. The normalized spacial score (nSPS) is 25.9. The van der Waals surface area contributed by atoms with Crippen LogP contribution in [0.5, 0.6) is 0 Å². The molecule has 2 unspecified atom stereocenters. The molecule has 1 aromatic carbocycles. The van der Waals surface area contributed by atoms with E-state index in [0.717, 1.165) is 12.1 Å². The molecule has 4 nitrogen and oxygen atoms in total. The van der Waals surface area contributed by atoms with Gasteiger partial charge in [-0.25, -0.2) is 8.51 Å². The summed E-state index contributed by atoms with van der Waals surface area (Å²) in [4.78, 5) is -0.331. The van der Waals surface area contributed by atoms with E-state index in [1.165, 1.54) is 16.4 Å². The van der Waals surface area contributed by atoms with Crippen molar-refractivity contribution in [3.8, 4) is 0 Å². The first-order chi connectivity index (χ1) is 9.27. The third kappa shape index (κ3) is 3.03. The van der Waals surface area contributed by atoms with Crippen LogP contribution in [0.15, 0.2) is 29.2 Å². The van der Waals surface area contributed by atoms with Crippen molar-refractivity contribution in [2.45, 2.75) is 23.1 Å². The second-order valence-corrected chi connectivity index (χ2v) is 6.19. The Bertz CT molecular complexity index is 523. The van der Waals surface area contributed by atoms with E-state index in [0.29, 0.717) is 0 Å². The summed E-state index contributed by atoms with van der Waals surface area (Å²) in [6.45, 7) is -0.472. The van der Waals surface area contributed by atoms with Crippen LogP contribution in [0.1, 0.15) is 12.0 Å². The summed E-state index contributed by atoms with van der Waals surface area (Å²) in [5, 5.41) is 18.9. The summed E-state index contributed by atoms with van der Waals surface area (Å²) >= 11 is 0. The number of benzene rings is 1. The molecule has 0 bridgehead atoms. The maximum absolute atomic E-state index is 12.9. The van der Waals surface area contributed by atoms with Gasteiger partial charge in [0.2, 0.25) is 0 Å². The van der Waals surface area contributed by atoms with E-state index in [-0.39, 0.29) is 24.4 Å². The Balaban J connectivity index is 2.28. The summed E-state index contributed by atoms with van der Waals surface area (Å²) in [5.74, 6) is 0. The summed E-state index contributed by atoms with van der Waals surface area (Å²) < 4.78 is 52.1. The molecule has 0 amide bonds. The minimum atomic E-state index is -4.58. The van der Waals surface area contributed by atoms with Gasteiger partial charge in [0, 0.05) is 13.1 Å². The van der Waals surface area contributed by atoms with Crippen LogP contribution in [0.25, 0.3) is 0 Å². The number of alkyl halides is 3. The molecule has 0 spiro atoms. The van der Waals surface area contributed by atoms with E-state index in [1.54, 1.807) is 0 Å². The lowest BCUT2D eigenvalue weighted by atomic mass is 10.1. The van der Waals surface area contributed by atoms with Gasteiger partial charge in [0.25, 0.3) is 0 Å². The van der Waals surface area contributed by atoms with Crippen molar-refractivity contribution in [2.75, 3.05) is 19.7 Å². The minimum Gasteiger partial charge on any atom is -0.393 e. The summed E-state index contributed by atoms with van der Waals surface area (Å²) in [6.07, 6.45) is -4.41. The molecule has 2 N–H and O–H groups in total. The van der Waals surface area contributed by atoms with Crippen molar-refractivity contribution in [1.29, 1.82) is 0 Å². The Labute approximate surface area is 116 Å². The average Bonchev–Trinajstić information content (AvgIpc) is 2.80. The van der Waals surface area contributed by atoms with Gasteiger partial charge in [0.1, 0.15) is 16.6 Å². The van der Waals surface area contributed by atoms with Crippen molar-refractivity contribution in [2.24, 2.45) is 0 Å². The number of hydrogen-bond acceptors (Lipinski definition) is 3. The van der Waals surface area contributed by atoms with E-state index in [4.69, 9.17) is 5.11 Å². The first-order valence-electron chi connectivity index (χ1n) is 5.93. The summed E-state index contributed by atoms with van der Waals surface area (Å²) in [6, 6.07) is 4.66. The van der Waals surface area contributed by atoms with Crippen molar-refractivity contribution in [1.82, 2.24) is 4.31 Å². The Morgan fingerprint density at radius 3 is 2.55 bits per heavy atom. The highest BCUT2D eigenvalue weighted by molar-refractivity contribution is 7.82. The van der Waals surface area contributed by atoms with Crippen molar-refractivity contribution in [3.05, 3.63) is 29.8 Å². The molecular weight excluding hydrogens is 295 g/mol. The van der Waals surface area contributed by atoms with Crippen molar-refractivity contribution in [3.63, 3.8) is 0 Å². The molecule has 0 aromatic heterocycles. The third-order valence-electron chi connectivity index (χ3n) is 3.21. The van der Waals surface area contributed by atoms with E-state index in [9.17, 15) is 22.5 Å². The van der Waals surface area contributed by atoms with Crippen LogP contribution in [-0.2, 0) is 17.2 Å². The molecule has 1 heterocycles. The smallest absolute Gasteiger partial charge is 0.393 e. The fourth-order valence-corrected chi connectivity index (χ4v) is 3.54. The monoisotopic (exact) mass is 309 g/mol. The second-order valence-electron chi connectivity index (χ2n) is 4.74. The van der Waals surface area contributed by atoms with Gasteiger partial charge in [-0.15, -0.1) is 0 Å². The van der Waals surface area contributed by atoms with Gasteiger partial charge in [0.05, 0.1) is 17.1 Å². The molecule has 0 radical (unpaired) electrons. The molecule has 1 aromatic rings. The molecule has 1 aliphatic rings. The first kappa shape index (κ1) is 15.4. The molecule has 1 fully saturated rings. The molecule has 20 heavy (non-hydrogen) atoms. The van der Waals surface area contributed by atoms with Crippen LogP contribution in [0.3, 0.4) is 0 Å². The number of hydrogen-bond donors (Lipinski definition) is 2. The maximum atomic E-state index is 12.9. The van der Waals surface area contributed by atoms with Crippen molar-refractivity contribution < 1.29 is 27.6 Å². The van der Waals surface area contributed by atoms with Crippen LogP contribution < -0.4 is 0 Å². The van der Waals surface area contributed by atoms with E-state index < -0.39 is 34.9 Å². The number of β-amino-alcohol motifs (C(OH)–C–C–N with tert-alkyl or cyclic N) is 1. The quantitative estimate of drug-likeness (QED) is 0.881. The van der Waals surface area contributed by atoms with Crippen LogP contribution in [0, 0.1) is 0 Å². The molecular formula is C12H14F3NO3S. The highest BCUT2D eigenvalue weighted by atomic mass is 32.2. The third-order valence-corrected chi connectivity index (χ3v) is 4.72. The van der Waals surface area contributed by atoms with Crippen LogP contribution in [0.2, 0.25) is 0 Å². The molecule has 112 valence electrons. The molecule has 1 saturated heterocycles. The highest BCUT2D eigenvalue weighted by Gasteiger charge is 2.41. The zero-order valence-electron chi connectivity index (χ0n) is 10.4. The molecule has 0 aliphatic carbocycles. The average molecular weight is 309 g/mol. The Hall–Kier alpha value is -0.960. The van der Waals surface area contributed by atoms with Gasteiger partial charge >= 0.3 is 6.18 Å². The standard InChI is InChI=1S/C12H14F3NO3S/c13-12(14,15)9-3-1-2-4-10(9)20(19)16-6-5-11(18,7-16)8-17/h1-4,17-18H,5-8H2. The van der Waals surface area contributed by atoms with E-state index in [1.807, 2.05) is 0 Å². The summed E-state index contributed by atoms with van der Waals surface area (Å²) in [7, 11) is -2.02. The molecule has 2 rings (SSSR count). The number of aliphatic hydroxyl groups is 2. The fourth-order valence-electron chi connectivity index (χ4n) is 2.08. The van der Waals surface area contributed by atoms with Gasteiger partial charge in [-0.2, -0.15) is 13.2 Å². The first-order valence-corrected chi connectivity index (χ1v) is 7.04. The lowest BCUT2D eigenvalue weighted by Crippen LogP contribution is -2.37. The zero-order valence-corrected chi connectivity index (χ0v) is 11.2. The number of rotatable bonds is 3. The van der Waals surface area contributed by atoms with Crippen LogP contribution >= 0.6 is 0 Å². The predicted octanol–water partition coefficient (Wildman–Crippen LogP) is 1.16. The summed E-state index contributed by atoms with van der Waals surface area (Å²) in [5.41, 5.74) is -2.35. The van der Waals surface area contributed by atoms with Crippen molar-refractivity contribution >= 4 is 11.0 Å². The minimum absolute atomic E-state index is 0.123. The topological polar surface area (TPSA) is 60.8 Å². The Morgan fingerprint density at radius 2 is 2.00 bits per heavy atom. The maximum Gasteiger partial charge on any atom is 0.417 e. The predicted molar refractivity (Wildman–Crippen MR) is 66.1 cm³/mol. The van der Waals surface area contributed by atoms with Gasteiger partial charge < -0.3 is 10.2 Å². The van der Waals surface area contributed by atoms with E-state index >= 15 is 0 Å². The molecule has 1 aliphatic heterocycles. The van der Waals surface area contributed by atoms with Crippen LogP contribution in [0.4, 0.5) is 13.2 Å². The number of aliphatic hydroxyl groups excluding tert-OH is 1. The number of nitrogens with zero attached hydrogens (tertiary/aromatic N) is 1. The van der Waals surface area contributed by atoms with Gasteiger partial charge in [-0.05, 0) is 18.6 Å². The van der Waals surface area contributed by atoms with Gasteiger partial charge in [-0.1, -0.05) is 12.1 Å². The van der Waals surface area contributed by atoms with E-state index in [2.05, 4.69) is 0 Å². The van der Waals surface area contributed by atoms with Crippen LogP contribution in [-0.4, -0.2) is 44.0 Å². The highest BCUT2D eigenvalue weighted by Crippen LogP contribution is 2.35. The second kappa shape index (κ2) is 5.44. The molecule has 2 atom stereocenters.